The third-order valence-corrected chi connectivity index (χ3v) is 3.45. The molecule has 7 heteroatoms. The number of rotatable bonds is 3. The monoisotopic (exact) mass is 330 g/mol. The lowest BCUT2D eigenvalue weighted by Gasteiger charge is -2.11. The zero-order valence-corrected chi connectivity index (χ0v) is 12.8. The van der Waals surface area contributed by atoms with Crippen LogP contribution in [0.15, 0.2) is 42.9 Å². The Labute approximate surface area is 136 Å². The summed E-state index contributed by atoms with van der Waals surface area (Å²) >= 11 is 5.89. The normalized spacial score (nSPS) is 10.6. The number of aryl methyl sites for hydroxylation is 1. The Morgan fingerprint density at radius 1 is 1.22 bits per heavy atom. The first-order chi connectivity index (χ1) is 11.0. The summed E-state index contributed by atoms with van der Waals surface area (Å²) in [6.45, 7) is 1.87. The van der Waals surface area contributed by atoms with E-state index in [2.05, 4.69) is 20.3 Å². The molecule has 5 nitrogen and oxygen atoms in total. The van der Waals surface area contributed by atoms with Crippen molar-refractivity contribution < 1.29 is 9.50 Å². The Kier molecular flexibility index (Phi) is 4.08. The minimum atomic E-state index is -0.494. The van der Waals surface area contributed by atoms with Crippen molar-refractivity contribution in [1.82, 2.24) is 15.0 Å². The summed E-state index contributed by atoms with van der Waals surface area (Å²) in [5, 5.41) is 13.3. The molecule has 0 saturated heterocycles. The fourth-order valence-corrected chi connectivity index (χ4v) is 2.18. The molecule has 2 aromatic heterocycles. The second-order valence-electron chi connectivity index (χ2n) is 4.87. The molecule has 0 aliphatic carbocycles. The van der Waals surface area contributed by atoms with Crippen LogP contribution in [-0.4, -0.2) is 20.1 Å². The molecule has 3 rings (SSSR count). The molecule has 0 aliphatic heterocycles. The van der Waals surface area contributed by atoms with Crippen LogP contribution in [0, 0.1) is 12.7 Å². The Bertz CT molecular complexity index is 872. The van der Waals surface area contributed by atoms with Crippen LogP contribution in [0.3, 0.4) is 0 Å². The van der Waals surface area contributed by atoms with Gasteiger partial charge in [0.25, 0.3) is 0 Å². The maximum Gasteiger partial charge on any atom is 0.177 e. The highest BCUT2D eigenvalue weighted by Crippen LogP contribution is 2.29. The number of hydrogen-bond acceptors (Lipinski definition) is 5. The van der Waals surface area contributed by atoms with Gasteiger partial charge in [-0.25, -0.2) is 14.4 Å². The zero-order chi connectivity index (χ0) is 16.4. The average Bonchev–Trinajstić information content (AvgIpc) is 2.54. The first-order valence-corrected chi connectivity index (χ1v) is 7.11. The predicted octanol–water partition coefficient (Wildman–Crippen LogP) is 4.09. The van der Waals surface area contributed by atoms with Crippen LogP contribution in [0.1, 0.15) is 5.56 Å². The minimum Gasteiger partial charge on any atom is -0.503 e. The smallest absolute Gasteiger partial charge is 0.177 e. The molecule has 116 valence electrons. The van der Waals surface area contributed by atoms with E-state index in [1.54, 1.807) is 18.5 Å². The maximum absolute atomic E-state index is 13.9. The van der Waals surface area contributed by atoms with Gasteiger partial charge in [-0.3, -0.25) is 4.98 Å². The van der Waals surface area contributed by atoms with E-state index < -0.39 is 5.82 Å². The van der Waals surface area contributed by atoms with Gasteiger partial charge in [-0.2, -0.15) is 0 Å². The van der Waals surface area contributed by atoms with Gasteiger partial charge in [-0.15, -0.1) is 0 Å². The number of anilines is 2. The molecule has 2 N–H and O–H groups in total. The first kappa shape index (κ1) is 15.2. The van der Waals surface area contributed by atoms with E-state index in [9.17, 15) is 9.50 Å². The summed E-state index contributed by atoms with van der Waals surface area (Å²) in [5.74, 6) is -0.348. The quantitative estimate of drug-likeness (QED) is 0.757. The van der Waals surface area contributed by atoms with Crippen molar-refractivity contribution in [3.8, 4) is 17.1 Å². The number of aromatic hydroxyl groups is 1. The number of halogens is 2. The van der Waals surface area contributed by atoms with Crippen molar-refractivity contribution in [1.29, 1.82) is 0 Å². The van der Waals surface area contributed by atoms with Gasteiger partial charge in [0.15, 0.2) is 17.4 Å². The van der Waals surface area contributed by atoms with Crippen molar-refractivity contribution >= 4 is 23.1 Å². The van der Waals surface area contributed by atoms with Crippen LogP contribution in [0.25, 0.3) is 11.4 Å². The topological polar surface area (TPSA) is 70.9 Å². The van der Waals surface area contributed by atoms with Crippen LogP contribution < -0.4 is 5.32 Å². The Morgan fingerprint density at radius 3 is 2.83 bits per heavy atom. The molecule has 0 saturated carbocycles. The molecule has 0 unspecified atom stereocenters. The third kappa shape index (κ3) is 3.22. The van der Waals surface area contributed by atoms with Gasteiger partial charge in [0.05, 0.1) is 11.8 Å². The van der Waals surface area contributed by atoms with E-state index in [0.29, 0.717) is 5.02 Å². The minimum absolute atomic E-state index is 0.122. The summed E-state index contributed by atoms with van der Waals surface area (Å²) in [6, 6.07) is 5.87. The molecule has 0 fully saturated rings. The van der Waals surface area contributed by atoms with Crippen LogP contribution in [0.4, 0.5) is 15.9 Å². The summed E-state index contributed by atoms with van der Waals surface area (Å²) in [7, 11) is 0. The van der Waals surface area contributed by atoms with Crippen molar-refractivity contribution in [2.45, 2.75) is 6.92 Å². The van der Waals surface area contributed by atoms with E-state index in [4.69, 9.17) is 11.6 Å². The summed E-state index contributed by atoms with van der Waals surface area (Å²) in [6.07, 6.45) is 4.50. The summed E-state index contributed by atoms with van der Waals surface area (Å²) < 4.78 is 13.9. The van der Waals surface area contributed by atoms with Crippen LogP contribution in [0.2, 0.25) is 5.02 Å². The molecule has 0 bridgehead atoms. The van der Waals surface area contributed by atoms with Gasteiger partial charge in [0.1, 0.15) is 5.82 Å². The maximum atomic E-state index is 13.9. The van der Waals surface area contributed by atoms with Crippen molar-refractivity contribution in [3.05, 3.63) is 59.3 Å². The van der Waals surface area contributed by atoms with Crippen molar-refractivity contribution in [2.75, 3.05) is 5.32 Å². The van der Waals surface area contributed by atoms with E-state index in [0.717, 1.165) is 11.3 Å². The molecule has 0 atom stereocenters. The first-order valence-electron chi connectivity index (χ1n) is 6.73. The van der Waals surface area contributed by atoms with E-state index in [1.807, 2.05) is 6.92 Å². The SMILES string of the molecule is Cc1cnccc1Nc1nc(-c2cc(Cl)ccc2F)ncc1O. The van der Waals surface area contributed by atoms with Gasteiger partial charge >= 0.3 is 0 Å². The Balaban J connectivity index is 2.03. The van der Waals surface area contributed by atoms with E-state index >= 15 is 0 Å². The molecule has 23 heavy (non-hydrogen) atoms. The lowest BCUT2D eigenvalue weighted by atomic mass is 10.2. The molecular weight excluding hydrogens is 319 g/mol. The second kappa shape index (κ2) is 6.18. The summed E-state index contributed by atoms with van der Waals surface area (Å²) in [4.78, 5) is 12.1. The lowest BCUT2D eigenvalue weighted by molar-refractivity contribution is 0.472. The number of benzene rings is 1. The zero-order valence-electron chi connectivity index (χ0n) is 12.1. The fourth-order valence-electron chi connectivity index (χ4n) is 2.01. The molecule has 3 aromatic rings. The molecular formula is C16H12ClFN4O. The average molecular weight is 331 g/mol. The highest BCUT2D eigenvalue weighted by Gasteiger charge is 2.13. The molecule has 0 radical (unpaired) electrons. The van der Waals surface area contributed by atoms with Gasteiger partial charge < -0.3 is 10.4 Å². The fraction of sp³-hybridized carbons (Fsp3) is 0.0625. The largest absolute Gasteiger partial charge is 0.503 e. The second-order valence-corrected chi connectivity index (χ2v) is 5.30. The summed E-state index contributed by atoms with van der Waals surface area (Å²) in [5.41, 5.74) is 1.76. The highest BCUT2D eigenvalue weighted by molar-refractivity contribution is 6.30. The van der Waals surface area contributed by atoms with E-state index in [1.165, 1.54) is 24.4 Å². The van der Waals surface area contributed by atoms with Crippen molar-refractivity contribution in [2.24, 2.45) is 0 Å². The number of aromatic nitrogens is 3. The Morgan fingerprint density at radius 2 is 2.04 bits per heavy atom. The van der Waals surface area contributed by atoms with Crippen molar-refractivity contribution in [3.63, 3.8) is 0 Å². The van der Waals surface area contributed by atoms with Crippen LogP contribution >= 0.6 is 11.6 Å². The number of nitrogens with one attached hydrogen (secondary N) is 1. The van der Waals surface area contributed by atoms with Gasteiger partial charge in [0.2, 0.25) is 0 Å². The number of nitrogens with zero attached hydrogens (tertiary/aromatic N) is 3. The van der Waals surface area contributed by atoms with Gasteiger partial charge in [0, 0.05) is 23.1 Å². The van der Waals surface area contributed by atoms with E-state index in [-0.39, 0.29) is 23.0 Å². The predicted molar refractivity (Wildman–Crippen MR) is 86.4 cm³/mol. The molecule has 0 aliphatic rings. The van der Waals surface area contributed by atoms with Gasteiger partial charge in [-0.1, -0.05) is 11.6 Å². The lowest BCUT2D eigenvalue weighted by Crippen LogP contribution is -2.00. The standard InChI is InChI=1S/C16H12ClFN4O/c1-9-7-19-5-4-13(9)21-16-14(23)8-20-15(22-16)11-6-10(17)2-3-12(11)18/h2-8,23H,1H3,(H,19,20,21,22). The Hall–Kier alpha value is -2.73. The molecule has 0 spiro atoms. The van der Waals surface area contributed by atoms with Gasteiger partial charge in [-0.05, 0) is 36.8 Å². The molecule has 0 amide bonds. The molecule has 2 heterocycles. The number of hydrogen-bond donors (Lipinski definition) is 2. The molecule has 1 aromatic carbocycles. The third-order valence-electron chi connectivity index (χ3n) is 3.21. The highest BCUT2D eigenvalue weighted by atomic mass is 35.5. The number of pyridine rings is 1. The van der Waals surface area contributed by atoms with Crippen LogP contribution in [-0.2, 0) is 0 Å². The van der Waals surface area contributed by atoms with Crippen LogP contribution in [0.5, 0.6) is 5.75 Å².